The van der Waals surface area contributed by atoms with Crippen LogP contribution >= 0.6 is 0 Å². The van der Waals surface area contributed by atoms with Crippen LogP contribution in [0.5, 0.6) is 0 Å². The van der Waals surface area contributed by atoms with E-state index in [2.05, 4.69) is 4.98 Å². The second-order valence-corrected chi connectivity index (χ2v) is 7.76. The van der Waals surface area contributed by atoms with Gasteiger partial charge in [0.15, 0.2) is 0 Å². The number of carbonyl (C=O) groups is 1. The number of hydrogen-bond acceptors (Lipinski definition) is 3. The summed E-state index contributed by atoms with van der Waals surface area (Å²) in [5.74, 6) is -0.113. The molecule has 150 valence electrons. The number of carbonyl (C=O) groups excluding carboxylic acids is 1. The number of hydrogen-bond donors (Lipinski definition) is 1. The molecule has 0 radical (unpaired) electrons. The first-order chi connectivity index (χ1) is 13.9. The Labute approximate surface area is 172 Å². The van der Waals surface area contributed by atoms with Crippen LogP contribution in [0.4, 0.5) is 0 Å². The van der Waals surface area contributed by atoms with E-state index in [4.69, 9.17) is 0 Å². The van der Waals surface area contributed by atoms with Crippen LogP contribution in [0.15, 0.2) is 79.1 Å². The van der Waals surface area contributed by atoms with Crippen molar-refractivity contribution in [1.29, 1.82) is 0 Å². The monoisotopic (exact) mass is 388 g/mol. The lowest BCUT2D eigenvalue weighted by Crippen LogP contribution is -2.43. The smallest absolute Gasteiger partial charge is 0.254 e. The van der Waals surface area contributed by atoms with E-state index in [9.17, 15) is 9.90 Å². The van der Waals surface area contributed by atoms with Crippen molar-refractivity contribution in [2.24, 2.45) is 0 Å². The Kier molecular flexibility index (Phi) is 6.14. The van der Waals surface area contributed by atoms with Gasteiger partial charge in [-0.3, -0.25) is 9.78 Å². The highest BCUT2D eigenvalue weighted by Crippen LogP contribution is 2.38. The summed E-state index contributed by atoms with van der Waals surface area (Å²) in [6, 6.07) is 20.6. The number of benzene rings is 2. The molecule has 2 aromatic carbocycles. The van der Waals surface area contributed by atoms with Crippen LogP contribution in [-0.4, -0.2) is 33.0 Å². The maximum atomic E-state index is 13.5. The number of aliphatic hydroxyl groups is 1. The van der Waals surface area contributed by atoms with Gasteiger partial charge >= 0.3 is 0 Å². The minimum absolute atomic E-state index is 0.0325. The number of rotatable bonds is 6. The van der Waals surface area contributed by atoms with Crippen molar-refractivity contribution in [2.75, 3.05) is 0 Å². The number of amides is 1. The fourth-order valence-electron chi connectivity index (χ4n) is 3.91. The van der Waals surface area contributed by atoms with Gasteiger partial charge in [-0.15, -0.1) is 0 Å². The number of nitrogens with zero attached hydrogens (tertiary/aromatic N) is 2. The van der Waals surface area contributed by atoms with Crippen LogP contribution < -0.4 is 0 Å². The van der Waals surface area contributed by atoms with E-state index in [-0.39, 0.29) is 18.0 Å². The molecule has 1 heterocycles. The van der Waals surface area contributed by atoms with Crippen molar-refractivity contribution in [3.05, 3.63) is 101 Å². The quantitative estimate of drug-likeness (QED) is 0.670. The average molecular weight is 389 g/mol. The Hall–Kier alpha value is -2.98. The highest BCUT2D eigenvalue weighted by atomic mass is 16.3. The summed E-state index contributed by atoms with van der Waals surface area (Å²) < 4.78 is 0. The molecule has 0 unspecified atom stereocenters. The Morgan fingerprint density at radius 2 is 1.34 bits per heavy atom. The maximum absolute atomic E-state index is 13.5. The molecule has 0 spiro atoms. The first-order valence-electron chi connectivity index (χ1n) is 9.98. The lowest BCUT2D eigenvalue weighted by Gasteiger charge is -2.35. The summed E-state index contributed by atoms with van der Waals surface area (Å²) in [7, 11) is 0. The topological polar surface area (TPSA) is 53.4 Å². The van der Waals surface area contributed by atoms with Crippen LogP contribution in [0.25, 0.3) is 0 Å². The Balaban J connectivity index is 2.25. The molecule has 0 bridgehead atoms. The van der Waals surface area contributed by atoms with Gasteiger partial charge in [0.2, 0.25) is 0 Å². The standard InChI is InChI=1S/C25H28N2O2/c1-18(2)27(19(3)4)24(28)22-15-16-26-17-23(22)25(29,20-11-7-5-8-12-20)21-13-9-6-10-14-21/h5-19,29H,1-4H3. The zero-order chi connectivity index (χ0) is 21.0. The number of aromatic nitrogens is 1. The molecule has 29 heavy (non-hydrogen) atoms. The molecule has 0 aliphatic carbocycles. The van der Waals surface area contributed by atoms with Crippen LogP contribution in [0.1, 0.15) is 54.7 Å². The minimum atomic E-state index is -1.50. The summed E-state index contributed by atoms with van der Waals surface area (Å²) in [6.45, 7) is 8.00. The largest absolute Gasteiger partial charge is 0.376 e. The van der Waals surface area contributed by atoms with Gasteiger partial charge in [0, 0.05) is 35.6 Å². The van der Waals surface area contributed by atoms with Crippen LogP contribution in [0.3, 0.4) is 0 Å². The summed E-state index contributed by atoms with van der Waals surface area (Å²) in [6.07, 6.45) is 3.21. The molecule has 0 saturated heterocycles. The van der Waals surface area contributed by atoms with Gasteiger partial charge < -0.3 is 10.0 Å². The Bertz CT molecular complexity index is 905. The predicted molar refractivity (Wildman–Crippen MR) is 116 cm³/mol. The molecular formula is C25H28N2O2. The second kappa shape index (κ2) is 8.58. The molecule has 1 N–H and O–H groups in total. The van der Waals surface area contributed by atoms with Crippen molar-refractivity contribution in [1.82, 2.24) is 9.88 Å². The fraction of sp³-hybridized carbons (Fsp3) is 0.280. The zero-order valence-corrected chi connectivity index (χ0v) is 17.4. The third-order valence-electron chi connectivity index (χ3n) is 5.17. The molecule has 0 aliphatic rings. The van der Waals surface area contributed by atoms with Crippen LogP contribution in [-0.2, 0) is 5.60 Å². The van der Waals surface area contributed by atoms with Gasteiger partial charge in [-0.2, -0.15) is 0 Å². The maximum Gasteiger partial charge on any atom is 0.254 e. The van der Waals surface area contributed by atoms with Gasteiger partial charge in [-0.25, -0.2) is 0 Å². The SMILES string of the molecule is CC(C)N(C(=O)c1ccncc1C(O)(c1ccccc1)c1ccccc1)C(C)C. The van der Waals surface area contributed by atoms with E-state index in [1.54, 1.807) is 18.5 Å². The predicted octanol–water partition coefficient (Wildman–Crippen LogP) is 4.62. The molecule has 4 heteroatoms. The number of pyridine rings is 1. The third kappa shape index (κ3) is 3.94. The van der Waals surface area contributed by atoms with E-state index >= 15 is 0 Å². The van der Waals surface area contributed by atoms with Crippen LogP contribution in [0.2, 0.25) is 0 Å². The zero-order valence-electron chi connectivity index (χ0n) is 17.4. The highest BCUT2D eigenvalue weighted by molar-refractivity contribution is 5.96. The molecule has 3 aromatic rings. The van der Waals surface area contributed by atoms with E-state index in [1.165, 1.54) is 0 Å². The van der Waals surface area contributed by atoms with Crippen LogP contribution in [0, 0.1) is 0 Å². The lowest BCUT2D eigenvalue weighted by atomic mass is 9.79. The van der Waals surface area contributed by atoms with E-state index in [0.717, 1.165) is 0 Å². The Morgan fingerprint density at radius 1 is 0.862 bits per heavy atom. The van der Waals surface area contributed by atoms with Gasteiger partial charge in [0.1, 0.15) is 5.60 Å². The average Bonchev–Trinajstić information content (AvgIpc) is 2.74. The first kappa shape index (κ1) is 20.7. The Morgan fingerprint density at radius 3 is 1.79 bits per heavy atom. The van der Waals surface area contributed by atoms with Gasteiger partial charge in [0.25, 0.3) is 5.91 Å². The molecule has 4 nitrogen and oxygen atoms in total. The first-order valence-corrected chi connectivity index (χ1v) is 9.98. The summed E-state index contributed by atoms with van der Waals surface area (Å²) in [4.78, 5) is 19.6. The van der Waals surface area contributed by atoms with Crippen molar-refractivity contribution in [2.45, 2.75) is 45.4 Å². The van der Waals surface area contributed by atoms with Crippen molar-refractivity contribution in [3.8, 4) is 0 Å². The minimum Gasteiger partial charge on any atom is -0.376 e. The molecule has 0 saturated carbocycles. The lowest BCUT2D eigenvalue weighted by molar-refractivity contribution is 0.0628. The summed E-state index contributed by atoms with van der Waals surface area (Å²) in [5.41, 5.74) is 0.815. The van der Waals surface area contributed by atoms with E-state index < -0.39 is 5.60 Å². The van der Waals surface area contributed by atoms with Crippen molar-refractivity contribution >= 4 is 5.91 Å². The van der Waals surface area contributed by atoms with Crippen molar-refractivity contribution < 1.29 is 9.90 Å². The molecule has 0 atom stereocenters. The fourth-order valence-corrected chi connectivity index (χ4v) is 3.91. The second-order valence-electron chi connectivity index (χ2n) is 7.76. The third-order valence-corrected chi connectivity index (χ3v) is 5.17. The molecular weight excluding hydrogens is 360 g/mol. The summed E-state index contributed by atoms with van der Waals surface area (Å²) >= 11 is 0. The van der Waals surface area contributed by atoms with Gasteiger partial charge in [-0.05, 0) is 44.9 Å². The molecule has 0 aliphatic heterocycles. The van der Waals surface area contributed by atoms with E-state index in [0.29, 0.717) is 22.3 Å². The van der Waals surface area contributed by atoms with E-state index in [1.807, 2.05) is 93.3 Å². The van der Waals surface area contributed by atoms with Gasteiger partial charge in [0.05, 0.1) is 0 Å². The molecule has 3 rings (SSSR count). The summed E-state index contributed by atoms with van der Waals surface area (Å²) in [5, 5.41) is 12.1. The van der Waals surface area contributed by atoms with Crippen molar-refractivity contribution in [3.63, 3.8) is 0 Å². The normalized spacial score (nSPS) is 11.7. The van der Waals surface area contributed by atoms with Gasteiger partial charge in [-0.1, -0.05) is 60.7 Å². The molecule has 1 aromatic heterocycles. The molecule has 0 fully saturated rings. The molecule has 1 amide bonds. The highest BCUT2D eigenvalue weighted by Gasteiger charge is 2.38.